The second-order valence-corrected chi connectivity index (χ2v) is 7.77. The van der Waals surface area contributed by atoms with Gasteiger partial charge in [0.2, 0.25) is 5.91 Å². The van der Waals surface area contributed by atoms with E-state index in [-0.39, 0.29) is 5.92 Å². The van der Waals surface area contributed by atoms with Crippen molar-refractivity contribution in [3.05, 3.63) is 17.2 Å². The summed E-state index contributed by atoms with van der Waals surface area (Å²) < 4.78 is 6.34. The molecule has 2 saturated heterocycles. The average molecular weight is 366 g/mol. The summed E-state index contributed by atoms with van der Waals surface area (Å²) in [7, 11) is 1.64. The van der Waals surface area contributed by atoms with Crippen molar-refractivity contribution in [3.8, 4) is 5.75 Å². The van der Waals surface area contributed by atoms with E-state index in [0.717, 1.165) is 66.5 Å². The summed E-state index contributed by atoms with van der Waals surface area (Å²) in [4.78, 5) is 21.5. The van der Waals surface area contributed by atoms with Crippen LogP contribution in [0.5, 0.6) is 5.75 Å². The molecule has 2 aliphatic rings. The normalized spacial score (nSPS) is 21.0. The van der Waals surface area contributed by atoms with Gasteiger partial charge in [-0.2, -0.15) is 0 Å². The number of hydrogen-bond donors (Lipinski definition) is 0. The molecule has 4 rings (SSSR count). The van der Waals surface area contributed by atoms with Crippen molar-refractivity contribution in [2.75, 3.05) is 38.2 Å². The number of aromatic nitrogens is 1. The molecule has 1 aromatic carbocycles. The van der Waals surface area contributed by atoms with Gasteiger partial charge in [0.15, 0.2) is 5.13 Å². The van der Waals surface area contributed by atoms with Crippen molar-refractivity contribution in [2.45, 2.75) is 19.3 Å². The first-order chi connectivity index (χ1) is 11.7. The van der Waals surface area contributed by atoms with Gasteiger partial charge in [0.05, 0.1) is 22.8 Å². The topological polar surface area (TPSA) is 45.7 Å². The van der Waals surface area contributed by atoms with Gasteiger partial charge < -0.3 is 14.5 Å². The zero-order chi connectivity index (χ0) is 16.7. The van der Waals surface area contributed by atoms with E-state index < -0.39 is 0 Å². The quantitative estimate of drug-likeness (QED) is 0.836. The van der Waals surface area contributed by atoms with Crippen molar-refractivity contribution in [1.82, 2.24) is 9.88 Å². The highest BCUT2D eigenvalue weighted by Gasteiger charge is 2.33. The van der Waals surface area contributed by atoms with Gasteiger partial charge in [-0.25, -0.2) is 4.98 Å². The third-order valence-corrected chi connectivity index (χ3v) is 6.47. The van der Waals surface area contributed by atoms with Crippen LogP contribution < -0.4 is 9.64 Å². The van der Waals surface area contributed by atoms with Crippen molar-refractivity contribution >= 4 is 44.2 Å². The average Bonchev–Trinajstić information content (AvgIpc) is 3.33. The third kappa shape index (κ3) is 2.71. The highest BCUT2D eigenvalue weighted by molar-refractivity contribution is 7.22. The molecule has 0 N–H and O–H groups in total. The Bertz CT molecular complexity index is 773. The van der Waals surface area contributed by atoms with Crippen LogP contribution >= 0.6 is 22.9 Å². The first-order valence-electron chi connectivity index (χ1n) is 8.34. The number of carbonyl (C=O) groups excluding carboxylic acids is 1. The smallest absolute Gasteiger partial charge is 0.227 e. The standard InChI is InChI=1S/C17H20ClN3O2S/c1-23-13-5-4-12(18)15-14(13)19-17(24-15)21-9-6-11(10-21)16(22)20-7-2-3-8-20/h4-5,11H,2-3,6-10H2,1H3. The molecule has 128 valence electrons. The Labute approximate surface area is 150 Å². The predicted octanol–water partition coefficient (Wildman–Crippen LogP) is 3.41. The van der Waals surface area contributed by atoms with Gasteiger partial charge in [-0.1, -0.05) is 22.9 Å². The molecular weight excluding hydrogens is 346 g/mol. The maximum atomic E-state index is 12.6. The number of carbonyl (C=O) groups is 1. The third-order valence-electron chi connectivity index (χ3n) is 4.89. The van der Waals surface area contributed by atoms with Crippen LogP contribution in [0.3, 0.4) is 0 Å². The van der Waals surface area contributed by atoms with Gasteiger partial charge in [0.25, 0.3) is 0 Å². The number of thiazole rings is 1. The lowest BCUT2D eigenvalue weighted by Gasteiger charge is -2.20. The minimum absolute atomic E-state index is 0.0903. The SMILES string of the molecule is COc1ccc(Cl)c2sc(N3CCC(C(=O)N4CCCC4)C3)nc12. The molecule has 7 heteroatoms. The Kier molecular flexibility index (Phi) is 4.26. The Morgan fingerprint density at radius 3 is 2.88 bits per heavy atom. The zero-order valence-electron chi connectivity index (χ0n) is 13.6. The Morgan fingerprint density at radius 1 is 1.33 bits per heavy atom. The Morgan fingerprint density at radius 2 is 2.12 bits per heavy atom. The molecule has 0 aliphatic carbocycles. The zero-order valence-corrected chi connectivity index (χ0v) is 15.2. The van der Waals surface area contributed by atoms with E-state index in [1.807, 2.05) is 17.0 Å². The molecular formula is C17H20ClN3O2S. The van der Waals surface area contributed by atoms with E-state index in [0.29, 0.717) is 10.9 Å². The van der Waals surface area contributed by atoms with Gasteiger partial charge >= 0.3 is 0 Å². The van der Waals surface area contributed by atoms with Gasteiger partial charge in [-0.05, 0) is 31.4 Å². The monoisotopic (exact) mass is 365 g/mol. The van der Waals surface area contributed by atoms with Crippen LogP contribution in [-0.4, -0.2) is 49.1 Å². The summed E-state index contributed by atoms with van der Waals surface area (Å²) in [5, 5.41) is 1.62. The summed E-state index contributed by atoms with van der Waals surface area (Å²) in [6.07, 6.45) is 3.17. The van der Waals surface area contributed by atoms with E-state index in [4.69, 9.17) is 21.3 Å². The fraction of sp³-hybridized carbons (Fsp3) is 0.529. The minimum Gasteiger partial charge on any atom is -0.494 e. The summed E-state index contributed by atoms with van der Waals surface area (Å²) in [5.74, 6) is 1.14. The van der Waals surface area contributed by atoms with Gasteiger partial charge in [-0.3, -0.25) is 4.79 Å². The molecule has 2 aromatic rings. The molecule has 0 bridgehead atoms. The first-order valence-corrected chi connectivity index (χ1v) is 9.53. The molecule has 0 saturated carbocycles. The summed E-state index contributed by atoms with van der Waals surface area (Å²) in [5.41, 5.74) is 0.805. The molecule has 1 amide bonds. The number of halogens is 1. The fourth-order valence-corrected chi connectivity index (χ4v) is 4.86. The fourth-order valence-electron chi connectivity index (χ4n) is 3.57. The minimum atomic E-state index is 0.0903. The number of rotatable bonds is 3. The second-order valence-electron chi connectivity index (χ2n) is 6.39. The molecule has 0 radical (unpaired) electrons. The van der Waals surface area contributed by atoms with Gasteiger partial charge in [0, 0.05) is 26.2 Å². The van der Waals surface area contributed by atoms with Crippen LogP contribution in [0.25, 0.3) is 10.2 Å². The summed E-state index contributed by atoms with van der Waals surface area (Å²) in [6, 6.07) is 3.69. The number of anilines is 1. The Hall–Kier alpha value is -1.53. The van der Waals surface area contributed by atoms with E-state index in [9.17, 15) is 4.79 Å². The number of ether oxygens (including phenoxy) is 1. The lowest BCUT2D eigenvalue weighted by Crippen LogP contribution is -2.35. The Balaban J connectivity index is 1.55. The number of fused-ring (bicyclic) bond motifs is 1. The van der Waals surface area contributed by atoms with E-state index in [2.05, 4.69) is 4.90 Å². The van der Waals surface area contributed by atoms with Gasteiger partial charge in [0.1, 0.15) is 11.3 Å². The van der Waals surface area contributed by atoms with Crippen LogP contribution in [0.4, 0.5) is 5.13 Å². The highest BCUT2D eigenvalue weighted by atomic mass is 35.5. The van der Waals surface area contributed by atoms with Crippen LogP contribution in [0.15, 0.2) is 12.1 Å². The maximum absolute atomic E-state index is 12.6. The highest BCUT2D eigenvalue weighted by Crippen LogP contribution is 2.40. The summed E-state index contributed by atoms with van der Waals surface area (Å²) in [6.45, 7) is 3.45. The van der Waals surface area contributed by atoms with Crippen molar-refractivity contribution in [1.29, 1.82) is 0 Å². The molecule has 24 heavy (non-hydrogen) atoms. The molecule has 3 heterocycles. The van der Waals surface area contributed by atoms with Crippen molar-refractivity contribution < 1.29 is 9.53 Å². The lowest BCUT2D eigenvalue weighted by molar-refractivity contribution is -0.133. The number of nitrogens with zero attached hydrogens (tertiary/aromatic N) is 3. The number of likely N-dealkylation sites (tertiary alicyclic amines) is 1. The molecule has 1 unspecified atom stereocenters. The van der Waals surface area contributed by atoms with Crippen LogP contribution in [-0.2, 0) is 4.79 Å². The van der Waals surface area contributed by atoms with Crippen molar-refractivity contribution in [3.63, 3.8) is 0 Å². The number of benzene rings is 1. The van der Waals surface area contributed by atoms with Crippen LogP contribution in [0, 0.1) is 5.92 Å². The number of hydrogen-bond acceptors (Lipinski definition) is 5. The van der Waals surface area contributed by atoms with Crippen molar-refractivity contribution in [2.24, 2.45) is 5.92 Å². The first kappa shape index (κ1) is 16.0. The molecule has 2 aliphatic heterocycles. The van der Waals surface area contributed by atoms with E-state index in [1.165, 1.54) is 0 Å². The lowest BCUT2D eigenvalue weighted by atomic mass is 10.1. The van der Waals surface area contributed by atoms with E-state index in [1.54, 1.807) is 18.4 Å². The largest absolute Gasteiger partial charge is 0.494 e. The predicted molar refractivity (Wildman–Crippen MR) is 97.3 cm³/mol. The maximum Gasteiger partial charge on any atom is 0.227 e. The molecule has 5 nitrogen and oxygen atoms in total. The molecule has 0 spiro atoms. The van der Waals surface area contributed by atoms with Gasteiger partial charge in [-0.15, -0.1) is 0 Å². The second kappa shape index (κ2) is 6.41. The van der Waals surface area contributed by atoms with Crippen LogP contribution in [0.1, 0.15) is 19.3 Å². The summed E-state index contributed by atoms with van der Waals surface area (Å²) >= 11 is 7.88. The molecule has 2 fully saturated rings. The number of methoxy groups -OCH3 is 1. The van der Waals surface area contributed by atoms with E-state index >= 15 is 0 Å². The van der Waals surface area contributed by atoms with Crippen LogP contribution in [0.2, 0.25) is 5.02 Å². The molecule has 1 aromatic heterocycles. The molecule has 1 atom stereocenters. The number of amides is 1.